The molecule has 1 saturated heterocycles. The van der Waals surface area contributed by atoms with Gasteiger partial charge in [-0.15, -0.1) is 0 Å². The van der Waals surface area contributed by atoms with E-state index < -0.39 is 0 Å². The fourth-order valence-corrected chi connectivity index (χ4v) is 1.72. The fraction of sp³-hybridized carbons (Fsp3) is 0.778. The molecule has 4 heteroatoms. The highest BCUT2D eigenvalue weighted by Gasteiger charge is 2.40. The first-order valence-corrected chi connectivity index (χ1v) is 4.62. The van der Waals surface area contributed by atoms with E-state index in [1.54, 1.807) is 0 Å². The van der Waals surface area contributed by atoms with Crippen molar-refractivity contribution in [2.45, 2.75) is 19.8 Å². The van der Waals surface area contributed by atoms with Gasteiger partial charge in [0.05, 0.1) is 13.1 Å². The quantitative estimate of drug-likeness (QED) is 0.599. The van der Waals surface area contributed by atoms with Gasteiger partial charge in [-0.2, -0.15) is 0 Å². The van der Waals surface area contributed by atoms with E-state index in [0.717, 1.165) is 6.54 Å². The van der Waals surface area contributed by atoms with Crippen molar-refractivity contribution in [2.24, 2.45) is 5.41 Å². The van der Waals surface area contributed by atoms with Gasteiger partial charge in [0.1, 0.15) is 0 Å². The molecule has 1 aliphatic carbocycles. The van der Waals surface area contributed by atoms with Crippen molar-refractivity contribution in [1.29, 1.82) is 0 Å². The summed E-state index contributed by atoms with van der Waals surface area (Å²) in [4.78, 5) is 24.0. The normalized spacial score (nSPS) is 27.2. The molecule has 0 aromatic rings. The van der Waals surface area contributed by atoms with Crippen molar-refractivity contribution < 1.29 is 9.59 Å². The number of rotatable bonds is 2. The molecule has 13 heavy (non-hydrogen) atoms. The summed E-state index contributed by atoms with van der Waals surface area (Å²) in [5.41, 5.74) is 0.373. The van der Waals surface area contributed by atoms with Crippen LogP contribution >= 0.6 is 0 Å². The Morgan fingerprint density at radius 3 is 2.31 bits per heavy atom. The minimum absolute atomic E-state index is 0.166. The number of piperazine rings is 1. The molecule has 4 nitrogen and oxygen atoms in total. The maximum atomic E-state index is 11.0. The molecule has 0 spiro atoms. The number of amides is 2. The summed E-state index contributed by atoms with van der Waals surface area (Å²) in [5.74, 6) is -0.332. The van der Waals surface area contributed by atoms with E-state index in [-0.39, 0.29) is 11.8 Å². The molecule has 0 aromatic heterocycles. The number of carbonyl (C=O) groups excluding carboxylic acids is 2. The van der Waals surface area contributed by atoms with Gasteiger partial charge < -0.3 is 0 Å². The van der Waals surface area contributed by atoms with Gasteiger partial charge in [-0.05, 0) is 18.3 Å². The van der Waals surface area contributed by atoms with E-state index in [9.17, 15) is 9.59 Å². The zero-order chi connectivity index (χ0) is 9.47. The van der Waals surface area contributed by atoms with Crippen LogP contribution in [0.2, 0.25) is 0 Å². The van der Waals surface area contributed by atoms with E-state index >= 15 is 0 Å². The molecule has 1 heterocycles. The molecule has 1 saturated carbocycles. The molecule has 0 radical (unpaired) electrons. The van der Waals surface area contributed by atoms with Crippen LogP contribution in [0, 0.1) is 5.41 Å². The van der Waals surface area contributed by atoms with Crippen LogP contribution in [0.5, 0.6) is 0 Å². The lowest BCUT2D eigenvalue weighted by Crippen LogP contribution is -2.52. The lowest BCUT2D eigenvalue weighted by Gasteiger charge is -2.27. The van der Waals surface area contributed by atoms with Crippen LogP contribution in [0.15, 0.2) is 0 Å². The van der Waals surface area contributed by atoms with Gasteiger partial charge in [-0.1, -0.05) is 6.92 Å². The standard InChI is InChI=1S/C9H14N2O2/c1-9(2-3-9)6-11-4-7(12)10-8(13)5-11/h2-6H2,1H3,(H,10,12,13). The van der Waals surface area contributed by atoms with Crippen molar-refractivity contribution in [2.75, 3.05) is 19.6 Å². The number of nitrogens with one attached hydrogen (secondary N) is 1. The third kappa shape index (κ3) is 2.06. The maximum absolute atomic E-state index is 11.0. The zero-order valence-electron chi connectivity index (χ0n) is 7.80. The third-order valence-electron chi connectivity index (χ3n) is 2.72. The minimum atomic E-state index is -0.166. The highest BCUT2D eigenvalue weighted by Crippen LogP contribution is 2.45. The zero-order valence-corrected chi connectivity index (χ0v) is 7.80. The van der Waals surface area contributed by atoms with E-state index in [2.05, 4.69) is 12.2 Å². The summed E-state index contributed by atoms with van der Waals surface area (Å²) in [7, 11) is 0. The van der Waals surface area contributed by atoms with E-state index in [4.69, 9.17) is 0 Å². The summed E-state index contributed by atoms with van der Waals surface area (Å²) < 4.78 is 0. The summed E-state index contributed by atoms with van der Waals surface area (Å²) in [6, 6.07) is 0. The number of hydrogen-bond acceptors (Lipinski definition) is 3. The maximum Gasteiger partial charge on any atom is 0.240 e. The van der Waals surface area contributed by atoms with Gasteiger partial charge in [0.2, 0.25) is 11.8 Å². The van der Waals surface area contributed by atoms with Crippen LogP contribution < -0.4 is 5.32 Å². The molecular formula is C9H14N2O2. The molecule has 1 N–H and O–H groups in total. The van der Waals surface area contributed by atoms with Crippen molar-refractivity contribution in [1.82, 2.24) is 10.2 Å². The minimum Gasteiger partial charge on any atom is -0.294 e. The van der Waals surface area contributed by atoms with Crippen LogP contribution in [0.25, 0.3) is 0 Å². The molecule has 1 aliphatic heterocycles. The second kappa shape index (κ2) is 2.80. The third-order valence-corrected chi connectivity index (χ3v) is 2.72. The van der Waals surface area contributed by atoms with Crippen molar-refractivity contribution in [3.63, 3.8) is 0 Å². The van der Waals surface area contributed by atoms with E-state index in [1.165, 1.54) is 12.8 Å². The van der Waals surface area contributed by atoms with Gasteiger partial charge in [-0.3, -0.25) is 19.8 Å². The van der Waals surface area contributed by atoms with E-state index in [1.807, 2.05) is 4.90 Å². The first-order chi connectivity index (χ1) is 6.07. The summed E-state index contributed by atoms with van der Waals surface area (Å²) in [6.07, 6.45) is 2.44. The Hall–Kier alpha value is -0.900. The Morgan fingerprint density at radius 2 is 1.85 bits per heavy atom. The topological polar surface area (TPSA) is 49.4 Å². The van der Waals surface area contributed by atoms with Crippen LogP contribution in [0.3, 0.4) is 0 Å². The first-order valence-electron chi connectivity index (χ1n) is 4.62. The smallest absolute Gasteiger partial charge is 0.240 e. The molecule has 0 bridgehead atoms. The predicted octanol–water partition coefficient (Wildman–Crippen LogP) is -0.255. The molecule has 0 atom stereocenters. The van der Waals surface area contributed by atoms with Crippen LogP contribution in [-0.4, -0.2) is 36.3 Å². The van der Waals surface area contributed by atoms with Gasteiger partial charge in [0, 0.05) is 6.54 Å². The Bertz CT molecular complexity index is 242. The SMILES string of the molecule is CC1(CN2CC(=O)NC(=O)C2)CC1. The molecule has 72 valence electrons. The predicted molar refractivity (Wildman–Crippen MR) is 46.9 cm³/mol. The average Bonchev–Trinajstić information content (AvgIpc) is 2.64. The Morgan fingerprint density at radius 1 is 1.31 bits per heavy atom. The lowest BCUT2D eigenvalue weighted by molar-refractivity contribution is -0.136. The number of carbonyl (C=O) groups is 2. The van der Waals surface area contributed by atoms with Gasteiger partial charge in [0.25, 0.3) is 0 Å². The molecular weight excluding hydrogens is 168 g/mol. The lowest BCUT2D eigenvalue weighted by atomic mass is 10.1. The van der Waals surface area contributed by atoms with Crippen molar-refractivity contribution in [3.8, 4) is 0 Å². The molecule has 0 aromatic carbocycles. The molecule has 0 unspecified atom stereocenters. The summed E-state index contributed by atoms with van der Waals surface area (Å²) >= 11 is 0. The van der Waals surface area contributed by atoms with Crippen LogP contribution in [0.1, 0.15) is 19.8 Å². The molecule has 2 amide bonds. The van der Waals surface area contributed by atoms with Gasteiger partial charge >= 0.3 is 0 Å². The molecule has 2 aliphatic rings. The van der Waals surface area contributed by atoms with Gasteiger partial charge in [-0.25, -0.2) is 0 Å². The number of imide groups is 1. The fourth-order valence-electron chi connectivity index (χ4n) is 1.72. The van der Waals surface area contributed by atoms with Crippen molar-refractivity contribution in [3.05, 3.63) is 0 Å². The van der Waals surface area contributed by atoms with Crippen molar-refractivity contribution >= 4 is 11.8 Å². The summed E-state index contributed by atoms with van der Waals surface area (Å²) in [5, 5.41) is 2.30. The molecule has 2 rings (SSSR count). The first kappa shape index (κ1) is 8.69. The van der Waals surface area contributed by atoms with E-state index in [0.29, 0.717) is 18.5 Å². The second-order valence-electron chi connectivity index (χ2n) is 4.43. The highest BCUT2D eigenvalue weighted by atomic mass is 16.2. The Balaban J connectivity index is 1.91. The number of hydrogen-bond donors (Lipinski definition) is 1. The average molecular weight is 182 g/mol. The summed E-state index contributed by atoms with van der Waals surface area (Å²) in [6.45, 7) is 3.83. The molecule has 2 fully saturated rings. The van der Waals surface area contributed by atoms with Crippen LogP contribution in [-0.2, 0) is 9.59 Å². The Labute approximate surface area is 77.3 Å². The second-order valence-corrected chi connectivity index (χ2v) is 4.43. The number of nitrogens with zero attached hydrogens (tertiary/aromatic N) is 1. The highest BCUT2D eigenvalue weighted by molar-refractivity contribution is 5.99. The van der Waals surface area contributed by atoms with Crippen LogP contribution in [0.4, 0.5) is 0 Å². The monoisotopic (exact) mass is 182 g/mol. The Kier molecular flexibility index (Phi) is 1.87. The van der Waals surface area contributed by atoms with Gasteiger partial charge in [0.15, 0.2) is 0 Å². The largest absolute Gasteiger partial charge is 0.294 e.